The molecule has 3 nitrogen and oxygen atoms in total. The summed E-state index contributed by atoms with van der Waals surface area (Å²) in [4.78, 5) is 3.94. The Morgan fingerprint density at radius 1 is 1.70 bits per heavy atom. The second kappa shape index (κ2) is 3.37. The number of likely N-dealkylation sites (N-methyl/N-ethyl adjacent to an activating group) is 1. The molecule has 3 heteroatoms. The van der Waals surface area contributed by atoms with E-state index in [-0.39, 0.29) is 0 Å². The van der Waals surface area contributed by atoms with Crippen molar-refractivity contribution >= 4 is 0 Å². The van der Waals surface area contributed by atoms with Gasteiger partial charge in [0.1, 0.15) is 0 Å². The quantitative estimate of drug-likeness (QED) is 0.660. The molecule has 0 fully saturated rings. The second-order valence-electron chi connectivity index (χ2n) is 2.45. The van der Waals surface area contributed by atoms with Crippen LogP contribution in [0.15, 0.2) is 18.7 Å². The average molecular weight is 139 g/mol. The maximum absolute atomic E-state index is 3.94. The molecule has 0 aromatic carbocycles. The molecule has 0 aliphatic heterocycles. The summed E-state index contributed by atoms with van der Waals surface area (Å²) in [5.41, 5.74) is 0. The van der Waals surface area contributed by atoms with Crippen LogP contribution in [-0.2, 0) is 6.54 Å². The van der Waals surface area contributed by atoms with Crippen LogP contribution in [0.3, 0.4) is 0 Å². The highest BCUT2D eigenvalue weighted by molar-refractivity contribution is 4.75. The standard InChI is InChI=1S/C7H13N3/c1-7(8-2)5-10-4-3-9-6-10/h3-4,6-8H,5H2,1-2H3. The third-order valence-electron chi connectivity index (χ3n) is 1.54. The zero-order chi connectivity index (χ0) is 7.40. The predicted octanol–water partition coefficient (Wildman–Crippen LogP) is 0.491. The first-order chi connectivity index (χ1) is 4.83. The fourth-order valence-electron chi connectivity index (χ4n) is 0.802. The highest BCUT2D eigenvalue weighted by Gasteiger charge is 1.96. The Kier molecular flexibility index (Phi) is 2.45. The number of nitrogens with zero attached hydrogens (tertiary/aromatic N) is 2. The lowest BCUT2D eigenvalue weighted by Crippen LogP contribution is -2.26. The van der Waals surface area contributed by atoms with E-state index in [2.05, 4.69) is 21.8 Å². The molecule has 0 amide bonds. The van der Waals surface area contributed by atoms with Gasteiger partial charge in [-0.15, -0.1) is 0 Å². The fourth-order valence-corrected chi connectivity index (χ4v) is 0.802. The van der Waals surface area contributed by atoms with Crippen LogP contribution in [0.4, 0.5) is 0 Å². The third-order valence-corrected chi connectivity index (χ3v) is 1.54. The van der Waals surface area contributed by atoms with E-state index < -0.39 is 0 Å². The van der Waals surface area contributed by atoms with Crippen LogP contribution >= 0.6 is 0 Å². The summed E-state index contributed by atoms with van der Waals surface area (Å²) in [6.45, 7) is 3.12. The third kappa shape index (κ3) is 1.84. The molecule has 56 valence electrons. The van der Waals surface area contributed by atoms with Gasteiger partial charge in [0, 0.05) is 25.0 Å². The monoisotopic (exact) mass is 139 g/mol. The van der Waals surface area contributed by atoms with Crippen molar-refractivity contribution in [2.45, 2.75) is 19.5 Å². The molecular formula is C7H13N3. The maximum Gasteiger partial charge on any atom is 0.0946 e. The normalized spacial score (nSPS) is 13.4. The van der Waals surface area contributed by atoms with Crippen molar-refractivity contribution in [3.8, 4) is 0 Å². The Morgan fingerprint density at radius 2 is 2.50 bits per heavy atom. The van der Waals surface area contributed by atoms with Crippen LogP contribution in [0.2, 0.25) is 0 Å². The Hall–Kier alpha value is -0.830. The molecule has 1 aromatic heterocycles. The van der Waals surface area contributed by atoms with E-state index in [1.807, 2.05) is 19.6 Å². The minimum Gasteiger partial charge on any atom is -0.336 e. The Morgan fingerprint density at radius 3 is 3.00 bits per heavy atom. The van der Waals surface area contributed by atoms with Crippen LogP contribution in [0.5, 0.6) is 0 Å². The largest absolute Gasteiger partial charge is 0.336 e. The molecule has 0 saturated heterocycles. The van der Waals surface area contributed by atoms with Crippen LogP contribution in [0.25, 0.3) is 0 Å². The summed E-state index contributed by atoms with van der Waals surface area (Å²) in [5, 5.41) is 3.15. The minimum atomic E-state index is 0.509. The summed E-state index contributed by atoms with van der Waals surface area (Å²) >= 11 is 0. The van der Waals surface area contributed by atoms with Gasteiger partial charge < -0.3 is 9.88 Å². The van der Waals surface area contributed by atoms with Crippen molar-refractivity contribution in [2.75, 3.05) is 7.05 Å². The zero-order valence-electron chi connectivity index (χ0n) is 6.41. The Balaban J connectivity index is 2.40. The van der Waals surface area contributed by atoms with Crippen LogP contribution in [0, 0.1) is 0 Å². The topological polar surface area (TPSA) is 29.9 Å². The van der Waals surface area contributed by atoms with Gasteiger partial charge >= 0.3 is 0 Å². The molecule has 1 aromatic rings. The molecule has 0 radical (unpaired) electrons. The average Bonchev–Trinajstić information content (AvgIpc) is 2.40. The van der Waals surface area contributed by atoms with E-state index in [0.29, 0.717) is 6.04 Å². The number of imidazole rings is 1. The van der Waals surface area contributed by atoms with E-state index in [4.69, 9.17) is 0 Å². The van der Waals surface area contributed by atoms with Gasteiger partial charge in [-0.2, -0.15) is 0 Å². The number of hydrogen-bond donors (Lipinski definition) is 1. The van der Waals surface area contributed by atoms with Crippen molar-refractivity contribution in [2.24, 2.45) is 0 Å². The number of aromatic nitrogens is 2. The Labute approximate surface area is 61.1 Å². The smallest absolute Gasteiger partial charge is 0.0946 e. The molecule has 0 saturated carbocycles. The summed E-state index contributed by atoms with van der Waals surface area (Å²) < 4.78 is 2.06. The summed E-state index contributed by atoms with van der Waals surface area (Å²) in [7, 11) is 1.96. The van der Waals surface area contributed by atoms with Gasteiger partial charge in [0.15, 0.2) is 0 Å². The molecule has 0 aliphatic carbocycles. The highest BCUT2D eigenvalue weighted by atomic mass is 15.0. The molecule has 1 unspecified atom stereocenters. The van der Waals surface area contributed by atoms with E-state index in [9.17, 15) is 0 Å². The second-order valence-corrected chi connectivity index (χ2v) is 2.45. The molecule has 1 heterocycles. The molecule has 1 N–H and O–H groups in total. The number of rotatable bonds is 3. The van der Waals surface area contributed by atoms with Crippen molar-refractivity contribution in [3.63, 3.8) is 0 Å². The number of hydrogen-bond acceptors (Lipinski definition) is 2. The van der Waals surface area contributed by atoms with Gasteiger partial charge in [-0.1, -0.05) is 0 Å². The maximum atomic E-state index is 3.94. The fraction of sp³-hybridized carbons (Fsp3) is 0.571. The van der Waals surface area contributed by atoms with Crippen molar-refractivity contribution in [3.05, 3.63) is 18.7 Å². The zero-order valence-corrected chi connectivity index (χ0v) is 6.41. The first kappa shape index (κ1) is 7.28. The first-order valence-electron chi connectivity index (χ1n) is 3.46. The molecule has 0 bridgehead atoms. The van der Waals surface area contributed by atoms with Gasteiger partial charge in [-0.3, -0.25) is 0 Å². The van der Waals surface area contributed by atoms with Crippen molar-refractivity contribution < 1.29 is 0 Å². The van der Waals surface area contributed by atoms with E-state index in [0.717, 1.165) is 6.54 Å². The van der Waals surface area contributed by atoms with Crippen LogP contribution in [-0.4, -0.2) is 22.6 Å². The predicted molar refractivity (Wildman–Crippen MR) is 40.7 cm³/mol. The van der Waals surface area contributed by atoms with Gasteiger partial charge in [-0.25, -0.2) is 4.98 Å². The molecule has 10 heavy (non-hydrogen) atoms. The molecular weight excluding hydrogens is 126 g/mol. The lowest BCUT2D eigenvalue weighted by atomic mass is 10.3. The van der Waals surface area contributed by atoms with Crippen molar-refractivity contribution in [1.29, 1.82) is 0 Å². The minimum absolute atomic E-state index is 0.509. The summed E-state index contributed by atoms with van der Waals surface area (Å²) in [6, 6.07) is 0.509. The molecule has 1 rings (SSSR count). The summed E-state index contributed by atoms with van der Waals surface area (Å²) in [5.74, 6) is 0. The first-order valence-corrected chi connectivity index (χ1v) is 3.46. The van der Waals surface area contributed by atoms with Gasteiger partial charge in [0.25, 0.3) is 0 Å². The van der Waals surface area contributed by atoms with Gasteiger partial charge in [-0.05, 0) is 14.0 Å². The van der Waals surface area contributed by atoms with Crippen LogP contribution < -0.4 is 5.32 Å². The van der Waals surface area contributed by atoms with Gasteiger partial charge in [0.2, 0.25) is 0 Å². The molecule has 0 aliphatic rings. The number of nitrogens with one attached hydrogen (secondary N) is 1. The van der Waals surface area contributed by atoms with E-state index in [1.54, 1.807) is 6.20 Å². The SMILES string of the molecule is CNC(C)Cn1ccnc1. The molecule has 0 spiro atoms. The van der Waals surface area contributed by atoms with E-state index >= 15 is 0 Å². The molecule has 1 atom stereocenters. The lowest BCUT2D eigenvalue weighted by Gasteiger charge is -2.09. The van der Waals surface area contributed by atoms with Crippen LogP contribution in [0.1, 0.15) is 6.92 Å². The van der Waals surface area contributed by atoms with Crippen molar-refractivity contribution in [1.82, 2.24) is 14.9 Å². The highest BCUT2D eigenvalue weighted by Crippen LogP contribution is 1.89. The Bertz CT molecular complexity index is 169. The summed E-state index contributed by atoms with van der Waals surface area (Å²) in [6.07, 6.45) is 5.59. The van der Waals surface area contributed by atoms with E-state index in [1.165, 1.54) is 0 Å². The lowest BCUT2D eigenvalue weighted by molar-refractivity contribution is 0.515. The van der Waals surface area contributed by atoms with Gasteiger partial charge in [0.05, 0.1) is 6.33 Å².